The minimum atomic E-state index is -0.967. The fourth-order valence-corrected chi connectivity index (χ4v) is 2.17. The number of rotatable bonds is 5. The van der Waals surface area contributed by atoms with Gasteiger partial charge in [0, 0.05) is 5.56 Å². The largest absolute Gasteiger partial charge is 0.337 e. The first-order valence-corrected chi connectivity index (χ1v) is 7.04. The van der Waals surface area contributed by atoms with Crippen LogP contribution in [-0.4, -0.2) is 16.7 Å². The predicted molar refractivity (Wildman–Crippen MR) is 74.1 cm³/mol. The number of aromatic nitrogens is 2. The summed E-state index contributed by atoms with van der Waals surface area (Å²) >= 11 is 3.00. The number of halogens is 3. The molecule has 0 bridgehead atoms. The highest BCUT2D eigenvalue weighted by molar-refractivity contribution is 9.10. The summed E-state index contributed by atoms with van der Waals surface area (Å²) in [5.41, 5.74) is 0.349. The molecule has 0 amide bonds. The van der Waals surface area contributed by atoms with Crippen molar-refractivity contribution in [1.29, 1.82) is 0 Å². The molecule has 2 aromatic rings. The van der Waals surface area contributed by atoms with Crippen LogP contribution in [0.3, 0.4) is 0 Å². The van der Waals surface area contributed by atoms with E-state index in [0.717, 1.165) is 19.0 Å². The molecule has 0 aliphatic rings. The summed E-state index contributed by atoms with van der Waals surface area (Å²) < 4.78 is 31.7. The van der Waals surface area contributed by atoms with Crippen LogP contribution < -0.4 is 5.32 Å². The van der Waals surface area contributed by atoms with Crippen molar-refractivity contribution in [3.8, 4) is 11.4 Å². The van der Waals surface area contributed by atoms with Crippen molar-refractivity contribution in [2.45, 2.75) is 26.3 Å². The third kappa shape index (κ3) is 3.04. The molecule has 0 aliphatic carbocycles. The van der Waals surface area contributed by atoms with Crippen LogP contribution in [0.5, 0.6) is 0 Å². The van der Waals surface area contributed by atoms with Crippen LogP contribution in [0.1, 0.15) is 32.2 Å². The first-order valence-electron chi connectivity index (χ1n) is 6.25. The summed E-state index contributed by atoms with van der Waals surface area (Å²) in [5, 5.41) is 7.01. The standard InChI is InChI=1S/C13H14BrF2N3O/c1-3-6-17-7(2)13-18-12(19-20-13)8-4-5-9(15)11(16)10(8)14/h4-5,7,17H,3,6H2,1-2H3. The quantitative estimate of drug-likeness (QED) is 0.836. The summed E-state index contributed by atoms with van der Waals surface area (Å²) in [6, 6.07) is 2.34. The lowest BCUT2D eigenvalue weighted by atomic mass is 10.2. The maximum atomic E-state index is 13.5. The molecule has 0 aliphatic heterocycles. The van der Waals surface area contributed by atoms with Gasteiger partial charge >= 0.3 is 0 Å². The van der Waals surface area contributed by atoms with Gasteiger partial charge in [0.25, 0.3) is 0 Å². The predicted octanol–water partition coefficient (Wildman–Crippen LogP) is 3.84. The zero-order valence-electron chi connectivity index (χ0n) is 11.1. The normalized spacial score (nSPS) is 12.7. The van der Waals surface area contributed by atoms with Gasteiger partial charge < -0.3 is 9.84 Å². The molecule has 0 fully saturated rings. The topological polar surface area (TPSA) is 51.0 Å². The first-order chi connectivity index (χ1) is 9.54. The number of hydrogen-bond acceptors (Lipinski definition) is 4. The van der Waals surface area contributed by atoms with E-state index in [1.807, 2.05) is 6.92 Å². The summed E-state index contributed by atoms with van der Waals surface area (Å²) in [5.74, 6) is -1.27. The molecule has 1 unspecified atom stereocenters. The Morgan fingerprint density at radius 3 is 2.85 bits per heavy atom. The van der Waals surface area contributed by atoms with Gasteiger partial charge in [-0.25, -0.2) is 8.78 Å². The van der Waals surface area contributed by atoms with E-state index < -0.39 is 11.6 Å². The van der Waals surface area contributed by atoms with Gasteiger partial charge in [-0.05, 0) is 48.0 Å². The second-order valence-corrected chi connectivity index (χ2v) is 5.15. The Balaban J connectivity index is 2.27. The highest BCUT2D eigenvalue weighted by atomic mass is 79.9. The molecule has 1 N–H and O–H groups in total. The van der Waals surface area contributed by atoms with Crippen molar-refractivity contribution in [2.24, 2.45) is 0 Å². The van der Waals surface area contributed by atoms with Crippen molar-refractivity contribution < 1.29 is 13.3 Å². The smallest absolute Gasteiger partial charge is 0.243 e. The molecule has 0 spiro atoms. The van der Waals surface area contributed by atoms with Gasteiger partial charge in [0.2, 0.25) is 11.7 Å². The minimum absolute atomic E-state index is 0.0148. The maximum Gasteiger partial charge on any atom is 0.243 e. The van der Waals surface area contributed by atoms with Gasteiger partial charge in [0.1, 0.15) is 0 Å². The van der Waals surface area contributed by atoms with E-state index in [1.54, 1.807) is 0 Å². The van der Waals surface area contributed by atoms with E-state index in [2.05, 4.69) is 38.3 Å². The number of nitrogens with one attached hydrogen (secondary N) is 1. The lowest BCUT2D eigenvalue weighted by molar-refractivity contribution is 0.340. The monoisotopic (exact) mass is 345 g/mol. The van der Waals surface area contributed by atoms with Crippen molar-refractivity contribution in [3.63, 3.8) is 0 Å². The van der Waals surface area contributed by atoms with Crippen molar-refractivity contribution in [1.82, 2.24) is 15.5 Å². The van der Waals surface area contributed by atoms with Gasteiger partial charge in [0.05, 0.1) is 10.5 Å². The van der Waals surface area contributed by atoms with Crippen LogP contribution in [0.25, 0.3) is 11.4 Å². The van der Waals surface area contributed by atoms with Gasteiger partial charge in [-0.1, -0.05) is 12.1 Å². The van der Waals surface area contributed by atoms with Crippen LogP contribution in [0.2, 0.25) is 0 Å². The van der Waals surface area contributed by atoms with E-state index in [-0.39, 0.29) is 16.3 Å². The first kappa shape index (κ1) is 15.1. The van der Waals surface area contributed by atoms with E-state index in [4.69, 9.17) is 4.52 Å². The lowest BCUT2D eigenvalue weighted by Gasteiger charge is -2.07. The Kier molecular flexibility index (Phi) is 4.82. The molecule has 7 heteroatoms. The number of nitrogens with zero attached hydrogens (tertiary/aromatic N) is 2. The zero-order chi connectivity index (χ0) is 14.7. The molecular weight excluding hydrogens is 332 g/mol. The van der Waals surface area contributed by atoms with Gasteiger partial charge in [-0.3, -0.25) is 0 Å². The fourth-order valence-electron chi connectivity index (χ4n) is 1.67. The molecule has 1 heterocycles. The molecule has 0 saturated heterocycles. The molecule has 20 heavy (non-hydrogen) atoms. The Hall–Kier alpha value is -1.34. The molecule has 2 rings (SSSR count). The summed E-state index contributed by atoms with van der Waals surface area (Å²) in [6.07, 6.45) is 0.986. The van der Waals surface area contributed by atoms with Gasteiger partial charge in [0.15, 0.2) is 11.6 Å². The highest BCUT2D eigenvalue weighted by Crippen LogP contribution is 2.30. The molecular formula is C13H14BrF2N3O. The van der Waals surface area contributed by atoms with Crippen molar-refractivity contribution >= 4 is 15.9 Å². The molecule has 1 aromatic heterocycles. The molecule has 1 aromatic carbocycles. The van der Waals surface area contributed by atoms with E-state index in [9.17, 15) is 8.78 Å². The Bertz CT molecular complexity index is 603. The zero-order valence-corrected chi connectivity index (χ0v) is 12.7. The number of benzene rings is 1. The Morgan fingerprint density at radius 1 is 1.40 bits per heavy atom. The lowest BCUT2D eigenvalue weighted by Crippen LogP contribution is -2.19. The second kappa shape index (κ2) is 6.41. The van der Waals surface area contributed by atoms with Crippen LogP contribution in [-0.2, 0) is 0 Å². The van der Waals surface area contributed by atoms with E-state index in [0.29, 0.717) is 11.5 Å². The highest BCUT2D eigenvalue weighted by Gasteiger charge is 2.19. The molecule has 4 nitrogen and oxygen atoms in total. The number of hydrogen-bond donors (Lipinski definition) is 1. The van der Waals surface area contributed by atoms with Crippen molar-refractivity contribution in [2.75, 3.05) is 6.54 Å². The third-order valence-corrected chi connectivity index (χ3v) is 3.56. The SMILES string of the molecule is CCCNC(C)c1nc(-c2ccc(F)c(F)c2Br)no1. The van der Waals surface area contributed by atoms with Crippen LogP contribution >= 0.6 is 15.9 Å². The second-order valence-electron chi connectivity index (χ2n) is 4.35. The van der Waals surface area contributed by atoms with Crippen LogP contribution in [0.4, 0.5) is 8.78 Å². The Labute approximate surface area is 123 Å². The van der Waals surface area contributed by atoms with Gasteiger partial charge in [-0.15, -0.1) is 0 Å². The maximum absolute atomic E-state index is 13.5. The average molecular weight is 346 g/mol. The summed E-state index contributed by atoms with van der Waals surface area (Å²) in [6.45, 7) is 4.78. The molecule has 0 saturated carbocycles. The third-order valence-electron chi connectivity index (χ3n) is 2.79. The minimum Gasteiger partial charge on any atom is -0.337 e. The van der Waals surface area contributed by atoms with E-state index in [1.165, 1.54) is 6.07 Å². The van der Waals surface area contributed by atoms with Crippen molar-refractivity contribution in [3.05, 3.63) is 34.1 Å². The van der Waals surface area contributed by atoms with Gasteiger partial charge in [-0.2, -0.15) is 4.98 Å². The van der Waals surface area contributed by atoms with Crippen LogP contribution in [0.15, 0.2) is 21.1 Å². The van der Waals surface area contributed by atoms with Crippen LogP contribution in [0, 0.1) is 11.6 Å². The Morgan fingerprint density at radius 2 is 2.15 bits per heavy atom. The van der Waals surface area contributed by atoms with E-state index >= 15 is 0 Å². The summed E-state index contributed by atoms with van der Waals surface area (Å²) in [7, 11) is 0. The fraction of sp³-hybridized carbons (Fsp3) is 0.385. The molecule has 1 atom stereocenters. The molecule has 108 valence electrons. The molecule has 0 radical (unpaired) electrons. The average Bonchev–Trinajstić information content (AvgIpc) is 2.92. The summed E-state index contributed by atoms with van der Waals surface area (Å²) in [4.78, 5) is 4.21.